The molecule has 0 bridgehead atoms. The first kappa shape index (κ1) is 26.7. The van der Waals surface area contributed by atoms with Crippen LogP contribution in [0.4, 0.5) is 21.2 Å². The van der Waals surface area contributed by atoms with Crippen LogP contribution >= 0.6 is 11.3 Å². The first-order valence-corrected chi connectivity index (χ1v) is 12.9. The maximum absolute atomic E-state index is 13.1. The van der Waals surface area contributed by atoms with E-state index in [1.54, 1.807) is 24.0 Å². The van der Waals surface area contributed by atoms with Crippen LogP contribution < -0.4 is 20.1 Å². The fourth-order valence-electron chi connectivity index (χ4n) is 4.57. The average Bonchev–Trinajstić information content (AvgIpc) is 3.31. The molecule has 14 nitrogen and oxygen atoms in total. The lowest BCUT2D eigenvalue weighted by Crippen LogP contribution is -2.39. The molecule has 1 aromatic heterocycles. The zero-order valence-corrected chi connectivity index (χ0v) is 22.1. The molecule has 1 atom stereocenters. The van der Waals surface area contributed by atoms with E-state index in [0.29, 0.717) is 35.6 Å². The molecule has 3 aromatic rings. The number of rotatable bonds is 7. The van der Waals surface area contributed by atoms with Crippen LogP contribution in [0.15, 0.2) is 36.4 Å². The molecule has 0 saturated carbocycles. The van der Waals surface area contributed by atoms with Gasteiger partial charge in [0.05, 0.1) is 41.7 Å². The summed E-state index contributed by atoms with van der Waals surface area (Å²) in [6, 6.07) is 7.88. The third kappa shape index (κ3) is 4.93. The van der Waals surface area contributed by atoms with Gasteiger partial charge in [-0.05, 0) is 42.7 Å². The number of non-ortho nitro benzene ring substituents is 1. The minimum atomic E-state index is -0.769. The summed E-state index contributed by atoms with van der Waals surface area (Å²) in [6.07, 6.45) is -0.463. The molecule has 40 heavy (non-hydrogen) atoms. The van der Waals surface area contributed by atoms with Crippen molar-refractivity contribution in [3.05, 3.63) is 78.2 Å². The number of amides is 2. The number of nitro benzene ring substituents is 2. The molecule has 5 rings (SSSR count). The summed E-state index contributed by atoms with van der Waals surface area (Å²) in [5.41, 5.74) is 1.09. The molecule has 2 aliphatic heterocycles. The minimum absolute atomic E-state index is 0.136. The molecular weight excluding hydrogens is 546 g/mol. The fraction of sp³-hybridized carbons (Fsp3) is 0.280. The predicted octanol–water partition coefficient (Wildman–Crippen LogP) is 4.73. The number of hydrogen-bond acceptors (Lipinski definition) is 11. The number of ether oxygens (including phenoxy) is 3. The summed E-state index contributed by atoms with van der Waals surface area (Å²) in [5, 5.41) is 29.5. The molecule has 0 fully saturated rings. The van der Waals surface area contributed by atoms with Gasteiger partial charge < -0.3 is 29.7 Å². The van der Waals surface area contributed by atoms with Crippen molar-refractivity contribution in [2.45, 2.75) is 26.1 Å². The Balaban J connectivity index is 1.38. The molecule has 2 amide bonds. The summed E-state index contributed by atoms with van der Waals surface area (Å²) < 4.78 is 16.3. The van der Waals surface area contributed by atoms with Crippen LogP contribution in [0.5, 0.6) is 17.2 Å². The van der Waals surface area contributed by atoms with Crippen molar-refractivity contribution in [3.63, 3.8) is 0 Å². The molecule has 2 aliphatic rings. The largest absolute Gasteiger partial charge is 0.493 e. The van der Waals surface area contributed by atoms with E-state index in [2.05, 4.69) is 10.6 Å². The monoisotopic (exact) mass is 569 g/mol. The molecule has 208 valence electrons. The molecule has 15 heteroatoms. The van der Waals surface area contributed by atoms with Crippen molar-refractivity contribution in [1.82, 2.24) is 10.2 Å². The van der Waals surface area contributed by atoms with Crippen molar-refractivity contribution in [2.75, 3.05) is 25.6 Å². The lowest BCUT2D eigenvalue weighted by atomic mass is 10.0. The summed E-state index contributed by atoms with van der Waals surface area (Å²) in [6.45, 7) is 2.85. The van der Waals surface area contributed by atoms with Crippen LogP contribution in [0.2, 0.25) is 0 Å². The SMILES string of the molecule is CCOC(=O)N1CCc2c(sc3c2C(=O)N[C@@H](c2ccc(Oc4ccc([N+](=O)[O-])cc4[N+](=O)[O-])c(OC)c2)N3)C1. The highest BCUT2D eigenvalue weighted by Crippen LogP contribution is 2.43. The van der Waals surface area contributed by atoms with Gasteiger partial charge in [-0.15, -0.1) is 11.3 Å². The van der Waals surface area contributed by atoms with E-state index in [0.717, 1.165) is 28.6 Å². The standard InChI is InChI=1S/C25H23N5O9S/c1-3-38-25(32)28-9-8-15-20(12-28)40-24-21(15)23(31)26-22(27-24)13-4-6-18(19(10-13)37-2)39-17-7-5-14(29(33)34)11-16(17)30(35)36/h4-7,10-11,22,27H,3,8-9,12H2,1-2H3,(H,26,31)/t22-/m1/s1. The van der Waals surface area contributed by atoms with Gasteiger partial charge in [-0.3, -0.25) is 25.0 Å². The zero-order valence-electron chi connectivity index (χ0n) is 21.3. The van der Waals surface area contributed by atoms with E-state index >= 15 is 0 Å². The highest BCUT2D eigenvalue weighted by atomic mass is 32.1. The van der Waals surface area contributed by atoms with E-state index in [-0.39, 0.29) is 35.9 Å². The second-order valence-corrected chi connectivity index (χ2v) is 9.91. The molecular formula is C25H23N5O9S. The normalized spacial score (nSPS) is 15.7. The van der Waals surface area contributed by atoms with Crippen LogP contribution in [-0.4, -0.2) is 47.0 Å². The fourth-order valence-corrected chi connectivity index (χ4v) is 5.86. The Bertz CT molecular complexity index is 1540. The number of nitro groups is 2. The number of benzene rings is 2. The Morgan fingerprint density at radius 1 is 1.10 bits per heavy atom. The Hall–Kier alpha value is -4.92. The summed E-state index contributed by atoms with van der Waals surface area (Å²) in [5.74, 6) is -0.0859. The van der Waals surface area contributed by atoms with Gasteiger partial charge >= 0.3 is 11.8 Å². The predicted molar refractivity (Wildman–Crippen MR) is 142 cm³/mol. The van der Waals surface area contributed by atoms with Gasteiger partial charge in [-0.25, -0.2) is 4.79 Å². The topological polar surface area (TPSA) is 175 Å². The molecule has 3 heterocycles. The highest BCUT2D eigenvalue weighted by molar-refractivity contribution is 7.16. The summed E-state index contributed by atoms with van der Waals surface area (Å²) in [7, 11) is 1.39. The number of carbonyl (C=O) groups excluding carboxylic acids is 2. The Kier molecular flexibility index (Phi) is 7.13. The quantitative estimate of drug-likeness (QED) is 0.299. The lowest BCUT2D eigenvalue weighted by molar-refractivity contribution is -0.394. The molecule has 0 unspecified atom stereocenters. The Morgan fingerprint density at radius 2 is 1.88 bits per heavy atom. The van der Waals surface area contributed by atoms with Gasteiger partial charge in [0.2, 0.25) is 5.75 Å². The smallest absolute Gasteiger partial charge is 0.410 e. The number of fused-ring (bicyclic) bond motifs is 3. The number of anilines is 1. The van der Waals surface area contributed by atoms with Crippen LogP contribution in [0.1, 0.15) is 39.5 Å². The third-order valence-corrected chi connectivity index (χ3v) is 7.60. The number of nitrogens with one attached hydrogen (secondary N) is 2. The van der Waals surface area contributed by atoms with Crippen LogP contribution in [0, 0.1) is 20.2 Å². The number of carbonyl (C=O) groups is 2. The van der Waals surface area contributed by atoms with E-state index in [1.807, 2.05) is 0 Å². The van der Waals surface area contributed by atoms with Gasteiger partial charge in [0.15, 0.2) is 11.5 Å². The van der Waals surface area contributed by atoms with Crippen molar-refractivity contribution in [1.29, 1.82) is 0 Å². The molecule has 0 spiro atoms. The number of methoxy groups -OCH3 is 1. The first-order chi connectivity index (χ1) is 19.2. The second kappa shape index (κ2) is 10.7. The number of thiophene rings is 1. The van der Waals surface area contributed by atoms with Gasteiger partial charge in [-0.1, -0.05) is 6.07 Å². The molecule has 0 aliphatic carbocycles. The van der Waals surface area contributed by atoms with Gasteiger partial charge in [0.25, 0.3) is 11.6 Å². The van der Waals surface area contributed by atoms with Crippen molar-refractivity contribution in [3.8, 4) is 17.2 Å². The van der Waals surface area contributed by atoms with Gasteiger partial charge in [-0.2, -0.15) is 0 Å². The number of nitrogens with zero attached hydrogens (tertiary/aromatic N) is 3. The van der Waals surface area contributed by atoms with E-state index in [1.165, 1.54) is 24.5 Å². The summed E-state index contributed by atoms with van der Waals surface area (Å²) >= 11 is 1.41. The molecule has 0 saturated heterocycles. The molecule has 0 radical (unpaired) electrons. The Labute approximate surface area is 230 Å². The highest BCUT2D eigenvalue weighted by Gasteiger charge is 2.35. The summed E-state index contributed by atoms with van der Waals surface area (Å²) in [4.78, 5) is 48.9. The van der Waals surface area contributed by atoms with Crippen molar-refractivity contribution >= 4 is 39.7 Å². The van der Waals surface area contributed by atoms with Crippen molar-refractivity contribution in [2.24, 2.45) is 0 Å². The van der Waals surface area contributed by atoms with E-state index in [9.17, 15) is 29.8 Å². The van der Waals surface area contributed by atoms with E-state index < -0.39 is 27.4 Å². The maximum Gasteiger partial charge on any atom is 0.410 e. The van der Waals surface area contributed by atoms with Crippen molar-refractivity contribution < 1.29 is 33.6 Å². The minimum Gasteiger partial charge on any atom is -0.493 e. The Morgan fingerprint density at radius 3 is 2.58 bits per heavy atom. The third-order valence-electron chi connectivity index (χ3n) is 6.45. The van der Waals surface area contributed by atoms with Crippen LogP contribution in [0.25, 0.3) is 0 Å². The van der Waals surface area contributed by atoms with Gasteiger partial charge in [0, 0.05) is 17.5 Å². The maximum atomic E-state index is 13.1. The zero-order chi connectivity index (χ0) is 28.6. The van der Waals surface area contributed by atoms with E-state index in [4.69, 9.17) is 14.2 Å². The first-order valence-electron chi connectivity index (χ1n) is 12.1. The lowest BCUT2D eigenvalue weighted by Gasteiger charge is -2.28. The van der Waals surface area contributed by atoms with Crippen LogP contribution in [-0.2, 0) is 17.7 Å². The van der Waals surface area contributed by atoms with Crippen LogP contribution in [0.3, 0.4) is 0 Å². The van der Waals surface area contributed by atoms with Gasteiger partial charge in [0.1, 0.15) is 11.2 Å². The number of hydrogen-bond donors (Lipinski definition) is 2. The second-order valence-electron chi connectivity index (χ2n) is 8.81. The molecule has 2 aromatic carbocycles. The average molecular weight is 570 g/mol. The molecule has 2 N–H and O–H groups in total.